The Morgan fingerprint density at radius 3 is 1.77 bits per heavy atom. The molecule has 0 bridgehead atoms. The SMILES string of the molecule is COC(=O)NC(C(=O)N1CCC[C@H]1c1ncc(-c2ccc3c(c2)CC(c2ccccc2)c2c-3n(C)c3ccc(-c4cnc([C@@H]5CCCN5C(=O)C(NC(=O)OC)C(C)C)[nH]4)cc23)[nH]1)C(C)C. The molecule has 4 amide bonds. The van der Waals surface area contributed by atoms with Gasteiger partial charge in [0.2, 0.25) is 11.8 Å². The second kappa shape index (κ2) is 18.2. The summed E-state index contributed by atoms with van der Waals surface area (Å²) >= 11 is 0. The highest BCUT2D eigenvalue weighted by molar-refractivity contribution is 5.97. The molecule has 2 fully saturated rings. The van der Waals surface area contributed by atoms with E-state index in [0.29, 0.717) is 13.1 Å². The zero-order valence-electron chi connectivity index (χ0n) is 38.7. The van der Waals surface area contributed by atoms with Crippen LogP contribution in [-0.4, -0.2) is 97.7 Å². The van der Waals surface area contributed by atoms with Crippen LogP contribution in [0.2, 0.25) is 0 Å². The van der Waals surface area contributed by atoms with E-state index in [9.17, 15) is 19.2 Å². The van der Waals surface area contributed by atoms with E-state index in [1.807, 2.05) is 49.9 Å². The summed E-state index contributed by atoms with van der Waals surface area (Å²) in [4.78, 5) is 72.4. The number of carbonyl (C=O) groups is 4. The van der Waals surface area contributed by atoms with Gasteiger partial charge < -0.3 is 44.4 Å². The summed E-state index contributed by atoms with van der Waals surface area (Å²) < 4.78 is 12.0. The molecule has 1 aliphatic carbocycles. The van der Waals surface area contributed by atoms with Crippen LogP contribution in [-0.2, 0) is 32.5 Å². The summed E-state index contributed by atoms with van der Waals surface area (Å²) in [5.74, 6) is 1.01. The van der Waals surface area contributed by atoms with Gasteiger partial charge in [-0.15, -0.1) is 0 Å². The lowest BCUT2D eigenvalue weighted by Gasteiger charge is -2.30. The van der Waals surface area contributed by atoms with Crippen LogP contribution in [0.1, 0.15) is 99.7 Å². The molecular weight excluding hydrogens is 835 g/mol. The van der Waals surface area contributed by atoms with Crippen LogP contribution in [0.15, 0.2) is 79.1 Å². The number of aromatic amines is 2. The first kappa shape index (κ1) is 44.3. The topological polar surface area (TPSA) is 180 Å². The van der Waals surface area contributed by atoms with Crippen molar-refractivity contribution in [2.45, 2.75) is 89.9 Å². The van der Waals surface area contributed by atoms with Gasteiger partial charge in [-0.25, -0.2) is 19.6 Å². The number of nitrogens with one attached hydrogen (secondary N) is 4. The number of carbonyl (C=O) groups excluding carboxylic acids is 4. The number of hydrogen-bond donors (Lipinski definition) is 4. The maximum atomic E-state index is 13.8. The van der Waals surface area contributed by atoms with Crippen LogP contribution in [0.5, 0.6) is 0 Å². The zero-order valence-corrected chi connectivity index (χ0v) is 38.7. The van der Waals surface area contributed by atoms with Crippen molar-refractivity contribution in [2.75, 3.05) is 27.3 Å². The highest BCUT2D eigenvalue weighted by atomic mass is 16.5. The normalized spacial score (nSPS) is 18.9. The number of methoxy groups -OCH3 is 2. The zero-order chi connectivity index (χ0) is 46.4. The predicted molar refractivity (Wildman–Crippen MR) is 251 cm³/mol. The van der Waals surface area contributed by atoms with Crippen molar-refractivity contribution in [3.05, 3.63) is 107 Å². The lowest BCUT2D eigenvalue weighted by atomic mass is 9.77. The summed E-state index contributed by atoms with van der Waals surface area (Å²) in [6.07, 6.45) is 6.48. The fraction of sp³-hybridized carbons (Fsp3) is 0.412. The number of nitrogens with zero attached hydrogens (tertiary/aromatic N) is 5. The second-order valence-corrected chi connectivity index (χ2v) is 18.6. The fourth-order valence-corrected chi connectivity index (χ4v) is 10.5. The highest BCUT2D eigenvalue weighted by Crippen LogP contribution is 2.49. The molecule has 9 rings (SSSR count). The van der Waals surface area contributed by atoms with Gasteiger partial charge >= 0.3 is 12.2 Å². The van der Waals surface area contributed by atoms with Gasteiger partial charge in [0.25, 0.3) is 0 Å². The van der Waals surface area contributed by atoms with Crippen molar-refractivity contribution < 1.29 is 28.7 Å². The number of hydrogen-bond acceptors (Lipinski definition) is 8. The molecule has 15 nitrogen and oxygen atoms in total. The molecule has 0 radical (unpaired) electrons. The van der Waals surface area contributed by atoms with E-state index < -0.39 is 24.3 Å². The molecule has 5 heterocycles. The van der Waals surface area contributed by atoms with E-state index in [2.05, 4.69) is 98.9 Å². The monoisotopic (exact) mass is 893 g/mol. The van der Waals surface area contributed by atoms with Crippen LogP contribution < -0.4 is 10.6 Å². The van der Waals surface area contributed by atoms with Crippen molar-refractivity contribution in [3.63, 3.8) is 0 Å². The summed E-state index contributed by atoms with van der Waals surface area (Å²) in [6.45, 7) is 8.82. The molecule has 2 saturated heterocycles. The van der Waals surface area contributed by atoms with E-state index in [0.717, 1.165) is 71.8 Å². The third kappa shape index (κ3) is 8.08. The molecule has 6 aromatic rings. The lowest BCUT2D eigenvalue weighted by molar-refractivity contribution is -0.136. The van der Waals surface area contributed by atoms with Crippen LogP contribution >= 0.6 is 0 Å². The van der Waals surface area contributed by atoms with E-state index in [1.54, 1.807) is 0 Å². The molecule has 2 aliphatic heterocycles. The number of alkyl carbamates (subject to hydrolysis) is 2. The fourth-order valence-electron chi connectivity index (χ4n) is 10.5. The number of benzene rings is 3. The minimum atomic E-state index is -0.707. The molecule has 3 aliphatic rings. The number of imidazole rings is 2. The number of aryl methyl sites for hydroxylation is 1. The van der Waals surface area contributed by atoms with Crippen molar-refractivity contribution in [2.24, 2.45) is 18.9 Å². The third-order valence-electron chi connectivity index (χ3n) is 13.9. The van der Waals surface area contributed by atoms with Gasteiger partial charge in [-0.1, -0.05) is 76.2 Å². The van der Waals surface area contributed by atoms with Gasteiger partial charge in [0.05, 0.1) is 55.8 Å². The first-order chi connectivity index (χ1) is 31.9. The predicted octanol–water partition coefficient (Wildman–Crippen LogP) is 8.40. The first-order valence-electron chi connectivity index (χ1n) is 23.1. The first-order valence-corrected chi connectivity index (χ1v) is 23.1. The Bertz CT molecular complexity index is 2790. The summed E-state index contributed by atoms with van der Waals surface area (Å²) in [5.41, 5.74) is 11.0. The Morgan fingerprint density at radius 1 is 0.712 bits per heavy atom. The number of likely N-dealkylation sites (tertiary alicyclic amines) is 2. The molecule has 344 valence electrons. The lowest BCUT2D eigenvalue weighted by Crippen LogP contribution is -2.51. The van der Waals surface area contributed by atoms with Gasteiger partial charge in [0, 0.05) is 48.1 Å². The Morgan fingerprint density at radius 2 is 1.24 bits per heavy atom. The molecule has 5 atom stereocenters. The summed E-state index contributed by atoms with van der Waals surface area (Å²) in [5, 5.41) is 6.64. The molecule has 0 saturated carbocycles. The van der Waals surface area contributed by atoms with Crippen molar-refractivity contribution >= 4 is 34.9 Å². The number of rotatable bonds is 11. The molecular formula is C51H59N9O6. The Hall–Kier alpha value is -6.90. The van der Waals surface area contributed by atoms with Crippen molar-refractivity contribution in [1.82, 2.24) is 44.9 Å². The number of H-pyrrole nitrogens is 2. The standard InChI is InChI=1S/C51H59N9O6/c1-28(2)43(56-50(63)65-6)48(61)59-21-11-15-40(59)46-52-26-37(54-46)31-17-19-34-33(23-31)25-35(30-13-9-8-10-14-30)42-36-24-32(18-20-39(36)58(5)45(34)42)38-27-53-47(55-38)41-16-12-22-60(41)49(62)44(29(3)4)57-51(64)66-7/h8-10,13-14,17-20,23-24,26-29,35,40-41,43-44H,11-12,15-16,21-22,25H2,1-7H3,(H,52,54)(H,53,55)(H,56,63)(H,57,64)/t35?,40-,41-,43?,44?/m0/s1. The van der Waals surface area contributed by atoms with Crippen molar-refractivity contribution in [3.8, 4) is 33.8 Å². The van der Waals surface area contributed by atoms with Crippen LogP contribution in [0, 0.1) is 11.8 Å². The van der Waals surface area contributed by atoms with Gasteiger partial charge in [-0.05, 0) is 84.4 Å². The Kier molecular flexibility index (Phi) is 12.2. The van der Waals surface area contributed by atoms with Gasteiger partial charge in [-0.3, -0.25) is 9.59 Å². The maximum Gasteiger partial charge on any atom is 0.407 e. The maximum absolute atomic E-state index is 13.8. The smallest absolute Gasteiger partial charge is 0.407 e. The number of fused-ring (bicyclic) bond motifs is 5. The van der Waals surface area contributed by atoms with E-state index in [1.165, 1.54) is 47.6 Å². The van der Waals surface area contributed by atoms with E-state index >= 15 is 0 Å². The van der Waals surface area contributed by atoms with Crippen LogP contribution in [0.4, 0.5) is 9.59 Å². The quantitative estimate of drug-likeness (QED) is 0.100. The molecule has 3 aromatic heterocycles. The highest BCUT2D eigenvalue weighted by Gasteiger charge is 2.39. The van der Waals surface area contributed by atoms with Gasteiger partial charge in [0.15, 0.2) is 0 Å². The number of ether oxygens (including phenoxy) is 2. The third-order valence-corrected chi connectivity index (χ3v) is 13.9. The van der Waals surface area contributed by atoms with Gasteiger partial charge in [0.1, 0.15) is 23.7 Å². The van der Waals surface area contributed by atoms with Crippen LogP contribution in [0.3, 0.4) is 0 Å². The number of amides is 4. The van der Waals surface area contributed by atoms with E-state index in [4.69, 9.17) is 19.4 Å². The molecule has 3 aromatic carbocycles. The molecule has 0 spiro atoms. The molecule has 4 N–H and O–H groups in total. The average Bonchev–Trinajstić information content (AvgIpc) is 4.19. The average molecular weight is 894 g/mol. The minimum Gasteiger partial charge on any atom is -0.453 e. The summed E-state index contributed by atoms with van der Waals surface area (Å²) in [7, 11) is 4.74. The molecule has 66 heavy (non-hydrogen) atoms. The number of aromatic nitrogens is 5. The Labute approximate surface area is 384 Å². The minimum absolute atomic E-state index is 0.0775. The molecule has 15 heteroatoms. The second-order valence-electron chi connectivity index (χ2n) is 18.6. The largest absolute Gasteiger partial charge is 0.453 e. The van der Waals surface area contributed by atoms with Crippen LogP contribution in [0.25, 0.3) is 44.7 Å². The Balaban J connectivity index is 1.03. The van der Waals surface area contributed by atoms with E-state index in [-0.39, 0.29) is 41.7 Å². The van der Waals surface area contributed by atoms with Gasteiger partial charge in [-0.2, -0.15) is 0 Å². The molecule has 3 unspecified atom stereocenters. The van der Waals surface area contributed by atoms with Crippen molar-refractivity contribution in [1.29, 1.82) is 0 Å². The summed E-state index contributed by atoms with van der Waals surface area (Å²) in [6, 6.07) is 22.1.